The third-order valence-corrected chi connectivity index (χ3v) is 8.51. The van der Waals surface area contributed by atoms with Crippen molar-refractivity contribution in [3.05, 3.63) is 22.7 Å². The summed E-state index contributed by atoms with van der Waals surface area (Å²) in [6, 6.07) is 0.0527. The van der Waals surface area contributed by atoms with Gasteiger partial charge in [-0.2, -0.15) is 4.98 Å². The second kappa shape index (κ2) is 13.4. The fraction of sp³-hybridized carbons (Fsp3) is 0.727. The number of halogens is 2. The number of esters is 1. The normalized spacial score (nSPS) is 25.8. The van der Waals surface area contributed by atoms with Crippen molar-refractivity contribution in [3.63, 3.8) is 0 Å². The minimum Gasteiger partial charge on any atom is -0.462 e. The highest BCUT2D eigenvalue weighted by Gasteiger charge is 2.58. The highest BCUT2D eigenvalue weighted by Crippen LogP contribution is 2.48. The molecule has 0 amide bonds. The van der Waals surface area contributed by atoms with E-state index in [1.807, 2.05) is 0 Å². The van der Waals surface area contributed by atoms with Gasteiger partial charge in [0.15, 0.2) is 11.3 Å². The smallest absolute Gasteiger partial charge is 0.406 e. The number of hydrogen-bond acceptors (Lipinski definition) is 12. The van der Waals surface area contributed by atoms with Gasteiger partial charge in [-0.1, -0.05) is 44.1 Å². The first-order valence-electron chi connectivity index (χ1n) is 12.0. The number of nitrogens with two attached hydrogens (primary N) is 1. The SMILES string of the molecule is CC(C)OC(=O)[C@@H](C)N[P@@](=O)(OCCSC(=O)C(C)(C)C)OC[C@H]1O[C@@H](n2ccc(N)nc2=O)[C@](F)(Cl)[C@@H]1O. The molecule has 0 saturated carbocycles. The number of nitrogens with one attached hydrogen (secondary N) is 1. The molecule has 17 heteroatoms. The quantitative estimate of drug-likeness (QED) is 0.135. The van der Waals surface area contributed by atoms with E-state index in [0.29, 0.717) is 4.57 Å². The van der Waals surface area contributed by atoms with Gasteiger partial charge in [0.25, 0.3) is 5.13 Å². The molecule has 0 spiro atoms. The number of aliphatic hydroxyl groups excluding tert-OH is 1. The van der Waals surface area contributed by atoms with Crippen molar-refractivity contribution < 1.29 is 42.2 Å². The zero-order chi connectivity index (χ0) is 29.8. The van der Waals surface area contributed by atoms with Gasteiger partial charge < -0.3 is 20.3 Å². The van der Waals surface area contributed by atoms with Gasteiger partial charge in [0.05, 0.1) is 19.3 Å². The van der Waals surface area contributed by atoms with E-state index in [1.165, 1.54) is 13.0 Å². The maximum absolute atomic E-state index is 15.3. The molecule has 2 rings (SSSR count). The number of carbonyl (C=O) groups is 2. The van der Waals surface area contributed by atoms with Crippen LogP contribution in [0.2, 0.25) is 0 Å². The Hall–Kier alpha value is -1.58. The molecule has 0 bridgehead atoms. The third-order valence-electron chi connectivity index (χ3n) is 5.14. The molecular formula is C22H35ClFN4O9PS. The van der Waals surface area contributed by atoms with Crippen LogP contribution in [0.25, 0.3) is 0 Å². The summed E-state index contributed by atoms with van der Waals surface area (Å²) in [5.74, 6) is -0.751. The first kappa shape index (κ1) is 33.6. The summed E-state index contributed by atoms with van der Waals surface area (Å²) in [7, 11) is -4.33. The molecule has 4 N–H and O–H groups in total. The Kier molecular flexibility index (Phi) is 11.5. The summed E-state index contributed by atoms with van der Waals surface area (Å²) in [4.78, 5) is 40.1. The second-order valence-corrected chi connectivity index (χ2v) is 13.5. The summed E-state index contributed by atoms with van der Waals surface area (Å²) in [6.45, 7) is 8.92. The van der Waals surface area contributed by atoms with Gasteiger partial charge in [-0.05, 0) is 26.8 Å². The van der Waals surface area contributed by atoms with Gasteiger partial charge in [0.2, 0.25) is 0 Å². The van der Waals surface area contributed by atoms with Crippen molar-refractivity contribution in [1.82, 2.24) is 14.6 Å². The van der Waals surface area contributed by atoms with Crippen LogP contribution in [0.3, 0.4) is 0 Å². The third kappa shape index (κ3) is 9.22. The second-order valence-electron chi connectivity index (χ2n) is 10.0. The molecule has 0 aromatic carbocycles. The molecule has 0 aliphatic carbocycles. The van der Waals surface area contributed by atoms with Crippen molar-refractivity contribution in [2.45, 2.75) is 77.3 Å². The number of alkyl halides is 2. The average molecular weight is 617 g/mol. The number of thioether (sulfide) groups is 1. The predicted molar refractivity (Wildman–Crippen MR) is 143 cm³/mol. The summed E-state index contributed by atoms with van der Waals surface area (Å²) >= 11 is 6.85. The lowest BCUT2D eigenvalue weighted by Gasteiger charge is -2.25. The van der Waals surface area contributed by atoms with Gasteiger partial charge in [-0.3, -0.25) is 23.2 Å². The molecule has 0 unspecified atom stereocenters. The standard InChI is InChI=1S/C22H35ClFN4O9PS/c1-12(2)36-17(30)13(3)27-38(33,34-9-10-39-19(31)21(4,5)6)35-11-14-16(29)22(23,24)18(37-14)28-8-7-15(25)26-20(28)32/h7-8,12-14,16,18,29H,9-11H2,1-6H3,(H,27,33)(H2,25,26,32)/t13-,14-,16-,18-,22+,38-/m1/s1. The molecule has 1 aliphatic rings. The summed E-state index contributed by atoms with van der Waals surface area (Å²) < 4.78 is 50.8. The Morgan fingerprint density at radius 2 is 2.03 bits per heavy atom. The summed E-state index contributed by atoms with van der Waals surface area (Å²) in [5, 5.41) is 9.79. The molecular weight excluding hydrogens is 582 g/mol. The van der Waals surface area contributed by atoms with Crippen LogP contribution in [0.5, 0.6) is 0 Å². The van der Waals surface area contributed by atoms with Crippen LogP contribution in [0, 0.1) is 5.41 Å². The number of nitrogen functional groups attached to an aromatic ring is 1. The van der Waals surface area contributed by atoms with E-state index in [2.05, 4.69) is 10.1 Å². The molecule has 1 aliphatic heterocycles. The minimum absolute atomic E-state index is 0.114. The number of aliphatic hydroxyl groups is 1. The minimum atomic E-state index is -4.33. The summed E-state index contributed by atoms with van der Waals surface area (Å²) in [5.41, 5.74) is 3.87. The Morgan fingerprint density at radius 3 is 2.59 bits per heavy atom. The topological polar surface area (TPSA) is 181 Å². The lowest BCUT2D eigenvalue weighted by molar-refractivity contribution is -0.149. The number of hydrogen-bond donors (Lipinski definition) is 3. The molecule has 39 heavy (non-hydrogen) atoms. The van der Waals surface area contributed by atoms with Gasteiger partial charge in [-0.25, -0.2) is 18.8 Å². The Labute approximate surface area is 234 Å². The van der Waals surface area contributed by atoms with E-state index in [0.717, 1.165) is 18.0 Å². The van der Waals surface area contributed by atoms with Gasteiger partial charge in [0, 0.05) is 17.4 Å². The monoisotopic (exact) mass is 616 g/mol. The van der Waals surface area contributed by atoms with Gasteiger partial charge >= 0.3 is 19.4 Å². The number of aromatic nitrogens is 2. The van der Waals surface area contributed by atoms with Crippen LogP contribution < -0.4 is 16.5 Å². The van der Waals surface area contributed by atoms with E-state index >= 15 is 4.39 Å². The number of nitrogens with zero attached hydrogens (tertiary/aromatic N) is 2. The van der Waals surface area contributed by atoms with E-state index in [4.69, 9.17) is 35.9 Å². The summed E-state index contributed by atoms with van der Waals surface area (Å²) in [6.07, 6.45) is -4.73. The molecule has 13 nitrogen and oxygen atoms in total. The average Bonchev–Trinajstić information content (AvgIpc) is 3.03. The van der Waals surface area contributed by atoms with Crippen LogP contribution in [-0.4, -0.2) is 74.2 Å². The molecule has 1 aromatic rings. The van der Waals surface area contributed by atoms with Crippen LogP contribution in [-0.2, 0) is 32.7 Å². The molecule has 6 atom stereocenters. The van der Waals surface area contributed by atoms with Gasteiger partial charge in [0.1, 0.15) is 24.1 Å². The van der Waals surface area contributed by atoms with Crippen molar-refractivity contribution in [1.29, 1.82) is 0 Å². The van der Waals surface area contributed by atoms with Crippen molar-refractivity contribution in [2.24, 2.45) is 5.41 Å². The number of rotatable bonds is 12. The molecule has 1 fully saturated rings. The highest BCUT2D eigenvalue weighted by atomic mass is 35.5. The van der Waals surface area contributed by atoms with E-state index in [1.54, 1.807) is 34.6 Å². The predicted octanol–water partition coefficient (Wildman–Crippen LogP) is 2.37. The number of carbonyl (C=O) groups excluding carboxylic acids is 2. The Morgan fingerprint density at radius 1 is 1.38 bits per heavy atom. The van der Waals surface area contributed by atoms with Crippen LogP contribution >= 0.6 is 31.1 Å². The maximum atomic E-state index is 15.3. The zero-order valence-corrected chi connectivity index (χ0v) is 24.9. The maximum Gasteiger partial charge on any atom is 0.406 e. The first-order chi connectivity index (χ1) is 17.9. The molecule has 0 radical (unpaired) electrons. The van der Waals surface area contributed by atoms with E-state index in [-0.39, 0.29) is 23.3 Å². The van der Waals surface area contributed by atoms with Crippen molar-refractivity contribution >= 4 is 48.0 Å². The lowest BCUT2D eigenvalue weighted by atomic mass is 10.00. The fourth-order valence-electron chi connectivity index (χ4n) is 3.13. The van der Waals surface area contributed by atoms with E-state index in [9.17, 15) is 24.1 Å². The fourth-order valence-corrected chi connectivity index (χ4v) is 5.81. The van der Waals surface area contributed by atoms with Crippen LogP contribution in [0.15, 0.2) is 17.1 Å². The number of ether oxygens (including phenoxy) is 2. The van der Waals surface area contributed by atoms with E-state index < -0.39 is 67.1 Å². The van der Waals surface area contributed by atoms with Crippen molar-refractivity contribution in [3.8, 4) is 0 Å². The van der Waals surface area contributed by atoms with Crippen LogP contribution in [0.1, 0.15) is 47.8 Å². The molecule has 2 heterocycles. The Balaban J connectivity index is 2.16. The highest BCUT2D eigenvalue weighted by molar-refractivity contribution is 8.13. The zero-order valence-electron chi connectivity index (χ0n) is 22.5. The Bertz CT molecular complexity index is 1130. The first-order valence-corrected chi connectivity index (χ1v) is 14.9. The van der Waals surface area contributed by atoms with Gasteiger partial charge in [-0.15, -0.1) is 0 Å². The molecule has 1 saturated heterocycles. The van der Waals surface area contributed by atoms with Crippen LogP contribution in [0.4, 0.5) is 10.2 Å². The lowest BCUT2D eigenvalue weighted by Crippen LogP contribution is -2.41. The molecule has 222 valence electrons. The van der Waals surface area contributed by atoms with Crippen molar-refractivity contribution in [2.75, 3.05) is 24.7 Å². The largest absolute Gasteiger partial charge is 0.462 e. The number of anilines is 1. The molecule has 1 aromatic heterocycles.